The molecule has 1 aromatic heterocycles. The Hall–Kier alpha value is -0.900. The zero-order valence-corrected chi connectivity index (χ0v) is 19.1. The van der Waals surface area contributed by atoms with Crippen molar-refractivity contribution in [1.82, 2.24) is 15.0 Å². The van der Waals surface area contributed by atoms with Crippen LogP contribution in [0, 0.1) is 5.92 Å². The third-order valence-corrected chi connectivity index (χ3v) is 6.96. The first-order chi connectivity index (χ1) is 14.3. The van der Waals surface area contributed by atoms with Crippen LogP contribution >= 0.6 is 11.6 Å². The van der Waals surface area contributed by atoms with E-state index in [-0.39, 0.29) is 0 Å². The summed E-state index contributed by atoms with van der Waals surface area (Å²) >= 11 is 6.30. The number of halogens is 1. The molecule has 0 unspecified atom stereocenters. The van der Waals surface area contributed by atoms with Crippen LogP contribution in [0.4, 0.5) is 5.95 Å². The quantitative estimate of drug-likeness (QED) is 0.547. The number of rotatable bonds is 4. The maximum Gasteiger partial charge on any atom is 0.227 e. The minimum atomic E-state index is 0.345. The van der Waals surface area contributed by atoms with Gasteiger partial charge < -0.3 is 5.32 Å². The zero-order chi connectivity index (χ0) is 20.2. The Balaban J connectivity index is 1.59. The summed E-state index contributed by atoms with van der Waals surface area (Å²) in [7, 11) is 0. The van der Waals surface area contributed by atoms with Crippen LogP contribution in [0.1, 0.15) is 121 Å². The van der Waals surface area contributed by atoms with E-state index in [1.165, 1.54) is 116 Å². The van der Waals surface area contributed by atoms with Crippen molar-refractivity contribution in [1.29, 1.82) is 0 Å². The lowest BCUT2D eigenvalue weighted by molar-refractivity contribution is 0.417. The summed E-state index contributed by atoms with van der Waals surface area (Å²) in [5.41, 5.74) is 0. The molecular formula is C24H41ClN4. The van der Waals surface area contributed by atoms with Crippen LogP contribution < -0.4 is 5.32 Å². The molecule has 0 aromatic carbocycles. The fraction of sp³-hybridized carbons (Fsp3) is 0.875. The summed E-state index contributed by atoms with van der Waals surface area (Å²) in [5, 5.41) is 3.97. The first kappa shape index (κ1) is 22.8. The number of aromatic nitrogens is 3. The lowest BCUT2D eigenvalue weighted by Gasteiger charge is -2.19. The normalized spacial score (nSPS) is 22.1. The van der Waals surface area contributed by atoms with Crippen molar-refractivity contribution in [3.63, 3.8) is 0 Å². The molecule has 3 rings (SSSR count). The highest BCUT2D eigenvalue weighted by atomic mass is 35.5. The molecule has 2 fully saturated rings. The van der Waals surface area contributed by atoms with E-state index < -0.39 is 0 Å². The second kappa shape index (κ2) is 13.4. The Labute approximate surface area is 183 Å². The summed E-state index contributed by atoms with van der Waals surface area (Å²) in [6.07, 6.45) is 25.1. The average Bonchev–Trinajstić information content (AvgIpc) is 2.78. The molecular weight excluding hydrogens is 380 g/mol. The third kappa shape index (κ3) is 9.19. The van der Waals surface area contributed by atoms with Gasteiger partial charge in [-0.15, -0.1) is 0 Å². The molecule has 1 N–H and O–H groups in total. The van der Waals surface area contributed by atoms with Gasteiger partial charge in [0.1, 0.15) is 5.82 Å². The van der Waals surface area contributed by atoms with Crippen molar-refractivity contribution in [3.8, 4) is 0 Å². The molecule has 0 aliphatic heterocycles. The monoisotopic (exact) mass is 420 g/mol. The van der Waals surface area contributed by atoms with Gasteiger partial charge in [-0.25, -0.2) is 4.98 Å². The molecule has 164 valence electrons. The molecule has 0 amide bonds. The van der Waals surface area contributed by atoms with Crippen LogP contribution in [0.15, 0.2) is 0 Å². The average molecular weight is 421 g/mol. The number of anilines is 1. The van der Waals surface area contributed by atoms with Crippen molar-refractivity contribution in [2.24, 2.45) is 5.92 Å². The largest absolute Gasteiger partial charge is 0.351 e. The van der Waals surface area contributed by atoms with E-state index in [1.54, 1.807) is 0 Å². The number of nitrogens with zero attached hydrogens (tertiary/aromatic N) is 3. The second-order valence-electron chi connectivity index (χ2n) is 9.36. The van der Waals surface area contributed by atoms with Crippen LogP contribution in [0.5, 0.6) is 0 Å². The Kier molecular flexibility index (Phi) is 10.5. The predicted molar refractivity (Wildman–Crippen MR) is 123 cm³/mol. The van der Waals surface area contributed by atoms with Crippen LogP contribution in [-0.2, 0) is 6.42 Å². The van der Waals surface area contributed by atoms with Gasteiger partial charge in [-0.2, -0.15) is 9.97 Å². The summed E-state index contributed by atoms with van der Waals surface area (Å²) in [6.45, 7) is 0. The molecule has 0 bridgehead atoms. The highest BCUT2D eigenvalue weighted by molar-refractivity contribution is 6.28. The Morgan fingerprint density at radius 2 is 1.10 bits per heavy atom. The van der Waals surface area contributed by atoms with Crippen molar-refractivity contribution in [3.05, 3.63) is 11.1 Å². The SMILES string of the molecule is Clc1nc(CC2CCCCCCCC2)nc(NC2CCCCCCCCCC2)n1. The van der Waals surface area contributed by atoms with E-state index in [0.717, 1.165) is 12.2 Å². The fourth-order valence-corrected chi connectivity index (χ4v) is 5.22. The van der Waals surface area contributed by atoms with E-state index >= 15 is 0 Å². The molecule has 0 radical (unpaired) electrons. The van der Waals surface area contributed by atoms with E-state index in [2.05, 4.69) is 15.3 Å². The number of hydrogen-bond donors (Lipinski definition) is 1. The molecule has 5 heteroatoms. The van der Waals surface area contributed by atoms with Gasteiger partial charge in [0.25, 0.3) is 0 Å². The Bertz CT molecular complexity index is 558. The van der Waals surface area contributed by atoms with Gasteiger partial charge in [-0.05, 0) is 30.4 Å². The smallest absolute Gasteiger partial charge is 0.227 e. The van der Waals surface area contributed by atoms with Gasteiger partial charge in [0.15, 0.2) is 0 Å². The van der Waals surface area contributed by atoms with E-state index in [0.29, 0.717) is 23.2 Å². The molecule has 1 aromatic rings. The van der Waals surface area contributed by atoms with Crippen molar-refractivity contribution in [2.75, 3.05) is 5.32 Å². The molecule has 1 heterocycles. The predicted octanol–water partition coefficient (Wildman–Crippen LogP) is 7.51. The lowest BCUT2D eigenvalue weighted by Crippen LogP contribution is -2.22. The maximum absolute atomic E-state index is 6.30. The number of nitrogens with one attached hydrogen (secondary N) is 1. The molecule has 4 nitrogen and oxygen atoms in total. The second-order valence-corrected chi connectivity index (χ2v) is 9.70. The fourth-order valence-electron chi connectivity index (χ4n) is 5.04. The summed E-state index contributed by atoms with van der Waals surface area (Å²) in [4.78, 5) is 13.7. The first-order valence-corrected chi connectivity index (χ1v) is 12.8. The van der Waals surface area contributed by atoms with Crippen LogP contribution in [-0.4, -0.2) is 21.0 Å². The van der Waals surface area contributed by atoms with E-state index in [9.17, 15) is 0 Å². The van der Waals surface area contributed by atoms with Gasteiger partial charge >= 0.3 is 0 Å². The molecule has 0 spiro atoms. The van der Waals surface area contributed by atoms with Crippen LogP contribution in [0.25, 0.3) is 0 Å². The summed E-state index contributed by atoms with van der Waals surface area (Å²) in [5.74, 6) is 2.27. The topological polar surface area (TPSA) is 50.7 Å². The molecule has 29 heavy (non-hydrogen) atoms. The minimum absolute atomic E-state index is 0.345. The van der Waals surface area contributed by atoms with Gasteiger partial charge in [0, 0.05) is 12.5 Å². The maximum atomic E-state index is 6.30. The summed E-state index contributed by atoms with van der Waals surface area (Å²) < 4.78 is 0. The molecule has 2 aliphatic carbocycles. The van der Waals surface area contributed by atoms with E-state index in [4.69, 9.17) is 16.6 Å². The molecule has 2 aliphatic rings. The molecule has 0 saturated heterocycles. The van der Waals surface area contributed by atoms with Crippen molar-refractivity contribution < 1.29 is 0 Å². The van der Waals surface area contributed by atoms with E-state index in [1.807, 2.05) is 0 Å². The molecule has 2 saturated carbocycles. The van der Waals surface area contributed by atoms with Gasteiger partial charge in [0.05, 0.1) is 0 Å². The van der Waals surface area contributed by atoms with Gasteiger partial charge in [0.2, 0.25) is 11.2 Å². The third-order valence-electron chi connectivity index (χ3n) is 6.79. The number of hydrogen-bond acceptors (Lipinski definition) is 4. The van der Waals surface area contributed by atoms with Gasteiger partial charge in [-0.1, -0.05) is 103 Å². The van der Waals surface area contributed by atoms with Gasteiger partial charge in [-0.3, -0.25) is 0 Å². The molecule has 0 atom stereocenters. The summed E-state index contributed by atoms with van der Waals surface area (Å²) in [6, 6.07) is 0.462. The standard InChI is InChI=1S/C24H41ClN4/c25-23-27-22(19-20-15-11-7-5-6-8-12-16-20)28-24(29-23)26-21-17-13-9-3-1-2-4-10-14-18-21/h20-21H,1-19H2,(H,26,27,28,29). The van der Waals surface area contributed by atoms with Crippen LogP contribution in [0.2, 0.25) is 5.28 Å². The Morgan fingerprint density at radius 1 is 0.621 bits per heavy atom. The first-order valence-electron chi connectivity index (χ1n) is 12.5. The highest BCUT2D eigenvalue weighted by Gasteiger charge is 2.16. The Morgan fingerprint density at radius 3 is 1.66 bits per heavy atom. The minimum Gasteiger partial charge on any atom is -0.351 e. The lowest BCUT2D eigenvalue weighted by atomic mass is 9.93. The van der Waals surface area contributed by atoms with Crippen molar-refractivity contribution in [2.45, 2.75) is 128 Å². The van der Waals surface area contributed by atoms with Crippen LogP contribution in [0.3, 0.4) is 0 Å². The highest BCUT2D eigenvalue weighted by Crippen LogP contribution is 2.25. The zero-order valence-electron chi connectivity index (χ0n) is 18.3. The van der Waals surface area contributed by atoms with Crippen molar-refractivity contribution >= 4 is 17.5 Å².